The van der Waals surface area contributed by atoms with Crippen LogP contribution in [0, 0.1) is 6.92 Å². The van der Waals surface area contributed by atoms with Crippen molar-refractivity contribution in [3.05, 3.63) is 23.8 Å². The number of nitrogens with two attached hydrogens (primary N) is 1. The molecule has 3 N–H and O–H groups in total. The molecule has 1 aromatic carbocycles. The van der Waals surface area contributed by atoms with Crippen molar-refractivity contribution >= 4 is 17.4 Å². The topological polar surface area (TPSA) is 64.7 Å². The minimum absolute atomic E-state index is 0.331. The van der Waals surface area contributed by atoms with Gasteiger partial charge in [0, 0.05) is 23.4 Å². The van der Waals surface area contributed by atoms with E-state index in [2.05, 4.69) is 0 Å². The van der Waals surface area contributed by atoms with Gasteiger partial charge in [-0.05, 0) is 24.6 Å². The molecule has 0 aliphatic heterocycles. The van der Waals surface area contributed by atoms with Crippen molar-refractivity contribution in [3.8, 4) is 0 Å². The molecular weight excluding hydrogens is 250 g/mol. The Bertz CT molecular complexity index is 360. The first kappa shape index (κ1) is 15.3. The van der Waals surface area contributed by atoms with Gasteiger partial charge in [-0.15, -0.1) is 11.8 Å². The number of thioether (sulfide) groups is 1. The van der Waals surface area contributed by atoms with E-state index in [0.717, 1.165) is 16.1 Å². The summed E-state index contributed by atoms with van der Waals surface area (Å²) < 4.78 is 10.1. The Balaban J connectivity index is 2.29. The van der Waals surface area contributed by atoms with E-state index in [1.807, 2.05) is 25.1 Å². The fourth-order valence-electron chi connectivity index (χ4n) is 1.38. The van der Waals surface area contributed by atoms with Crippen molar-refractivity contribution in [2.75, 3.05) is 38.4 Å². The van der Waals surface area contributed by atoms with Gasteiger partial charge in [-0.1, -0.05) is 6.07 Å². The maximum atomic E-state index is 9.75. The Kier molecular flexibility index (Phi) is 7.12. The molecule has 0 amide bonds. The van der Waals surface area contributed by atoms with Gasteiger partial charge in [0.25, 0.3) is 0 Å². The number of nitrogen functional groups attached to an aromatic ring is 1. The molecule has 1 rings (SSSR count). The van der Waals surface area contributed by atoms with Crippen molar-refractivity contribution in [1.29, 1.82) is 0 Å². The molecule has 0 bridgehead atoms. The summed E-state index contributed by atoms with van der Waals surface area (Å²) in [6.45, 7) is 3.38. The molecule has 102 valence electrons. The molecule has 0 saturated heterocycles. The molecule has 0 heterocycles. The summed E-state index contributed by atoms with van der Waals surface area (Å²) in [6.07, 6.45) is -0.479. The van der Waals surface area contributed by atoms with Crippen molar-refractivity contribution in [1.82, 2.24) is 0 Å². The lowest BCUT2D eigenvalue weighted by molar-refractivity contribution is 0.0218. The smallest absolute Gasteiger partial charge is 0.0867 e. The first-order valence-electron chi connectivity index (χ1n) is 5.87. The van der Waals surface area contributed by atoms with Crippen molar-refractivity contribution in [2.24, 2.45) is 0 Å². The molecule has 0 aliphatic carbocycles. The third-order valence-corrected chi connectivity index (χ3v) is 3.80. The van der Waals surface area contributed by atoms with Gasteiger partial charge in [-0.3, -0.25) is 0 Å². The molecule has 18 heavy (non-hydrogen) atoms. The van der Waals surface area contributed by atoms with E-state index in [4.69, 9.17) is 15.2 Å². The lowest BCUT2D eigenvalue weighted by atomic mass is 10.2. The summed E-state index contributed by atoms with van der Waals surface area (Å²) in [5.41, 5.74) is 7.67. The molecule has 5 heteroatoms. The van der Waals surface area contributed by atoms with Crippen molar-refractivity contribution < 1.29 is 14.6 Å². The van der Waals surface area contributed by atoms with Crippen LogP contribution in [0.5, 0.6) is 0 Å². The van der Waals surface area contributed by atoms with Gasteiger partial charge in [0.1, 0.15) is 0 Å². The van der Waals surface area contributed by atoms with Crippen LogP contribution >= 0.6 is 11.8 Å². The molecule has 0 aliphatic rings. The van der Waals surface area contributed by atoms with Gasteiger partial charge in [-0.25, -0.2) is 0 Å². The normalized spacial score (nSPS) is 12.6. The number of aliphatic hydroxyl groups is 1. The minimum Gasteiger partial charge on any atom is -0.398 e. The van der Waals surface area contributed by atoms with E-state index < -0.39 is 6.10 Å². The molecule has 0 aromatic heterocycles. The quantitative estimate of drug-likeness (QED) is 0.428. The lowest BCUT2D eigenvalue weighted by Gasteiger charge is -2.12. The van der Waals surface area contributed by atoms with E-state index in [1.54, 1.807) is 18.9 Å². The van der Waals surface area contributed by atoms with Crippen LogP contribution in [0.1, 0.15) is 5.56 Å². The van der Waals surface area contributed by atoms with Crippen LogP contribution in [0.4, 0.5) is 5.69 Å². The molecule has 1 atom stereocenters. The number of aliphatic hydroxyl groups excluding tert-OH is 1. The highest BCUT2D eigenvalue weighted by Crippen LogP contribution is 2.26. The monoisotopic (exact) mass is 271 g/mol. The highest BCUT2D eigenvalue weighted by molar-refractivity contribution is 7.99. The second-order valence-corrected chi connectivity index (χ2v) is 5.06. The number of anilines is 1. The zero-order valence-electron chi connectivity index (χ0n) is 10.9. The summed E-state index contributed by atoms with van der Waals surface area (Å²) in [4.78, 5) is 1.10. The number of rotatable bonds is 8. The lowest BCUT2D eigenvalue weighted by Crippen LogP contribution is -2.19. The average Bonchev–Trinajstić information content (AvgIpc) is 2.36. The minimum atomic E-state index is -0.479. The van der Waals surface area contributed by atoms with Crippen LogP contribution in [-0.2, 0) is 9.47 Å². The van der Waals surface area contributed by atoms with E-state index >= 15 is 0 Å². The molecule has 0 saturated carbocycles. The van der Waals surface area contributed by atoms with Crippen LogP contribution in [0.2, 0.25) is 0 Å². The average molecular weight is 271 g/mol. The van der Waals surface area contributed by atoms with Crippen molar-refractivity contribution in [2.45, 2.75) is 17.9 Å². The van der Waals surface area contributed by atoms with Crippen LogP contribution in [0.15, 0.2) is 23.1 Å². The van der Waals surface area contributed by atoms with E-state index in [1.165, 1.54) is 0 Å². The highest BCUT2D eigenvalue weighted by Gasteiger charge is 2.07. The van der Waals surface area contributed by atoms with Crippen LogP contribution in [0.25, 0.3) is 0 Å². The van der Waals surface area contributed by atoms with Gasteiger partial charge in [-0.2, -0.15) is 0 Å². The molecule has 1 unspecified atom stereocenters. The Morgan fingerprint density at radius 3 is 2.89 bits per heavy atom. The SMILES string of the molecule is COCCOCC(O)CSc1cccc(N)c1C. The van der Waals surface area contributed by atoms with Crippen LogP contribution in [-0.4, -0.2) is 43.9 Å². The summed E-state index contributed by atoms with van der Waals surface area (Å²) >= 11 is 1.59. The Labute approximate surface area is 112 Å². The second kappa shape index (κ2) is 8.37. The van der Waals surface area contributed by atoms with E-state index in [9.17, 15) is 5.11 Å². The first-order chi connectivity index (χ1) is 8.65. The fraction of sp³-hybridized carbons (Fsp3) is 0.538. The predicted molar refractivity (Wildman–Crippen MR) is 75.0 cm³/mol. The third kappa shape index (κ3) is 5.27. The molecule has 0 spiro atoms. The number of hydrogen-bond donors (Lipinski definition) is 2. The first-order valence-corrected chi connectivity index (χ1v) is 6.86. The molecule has 0 fully saturated rings. The third-order valence-electron chi connectivity index (χ3n) is 2.50. The maximum Gasteiger partial charge on any atom is 0.0867 e. The van der Waals surface area contributed by atoms with Crippen LogP contribution < -0.4 is 5.73 Å². The van der Waals surface area contributed by atoms with Gasteiger partial charge < -0.3 is 20.3 Å². The van der Waals surface area contributed by atoms with Gasteiger partial charge in [0.15, 0.2) is 0 Å². The summed E-state index contributed by atoms with van der Waals surface area (Å²) in [6, 6.07) is 5.81. The summed E-state index contributed by atoms with van der Waals surface area (Å²) in [7, 11) is 1.62. The zero-order valence-corrected chi connectivity index (χ0v) is 11.7. The van der Waals surface area contributed by atoms with E-state index in [0.29, 0.717) is 25.6 Å². The standard InChI is InChI=1S/C13H21NO3S/c1-10-12(14)4-3-5-13(10)18-9-11(15)8-17-7-6-16-2/h3-5,11,15H,6-9,14H2,1-2H3. The fourth-order valence-corrected chi connectivity index (χ4v) is 2.36. The number of hydrogen-bond acceptors (Lipinski definition) is 5. The van der Waals surface area contributed by atoms with Gasteiger partial charge >= 0.3 is 0 Å². The summed E-state index contributed by atoms with van der Waals surface area (Å²) in [5.74, 6) is 0.595. The highest BCUT2D eigenvalue weighted by atomic mass is 32.2. The molecular formula is C13H21NO3S. The Morgan fingerprint density at radius 2 is 2.17 bits per heavy atom. The van der Waals surface area contributed by atoms with Gasteiger partial charge in [0.05, 0.1) is 25.9 Å². The number of methoxy groups -OCH3 is 1. The second-order valence-electron chi connectivity index (χ2n) is 4.00. The molecule has 0 radical (unpaired) electrons. The summed E-state index contributed by atoms with van der Waals surface area (Å²) in [5, 5.41) is 9.75. The maximum absolute atomic E-state index is 9.75. The van der Waals surface area contributed by atoms with E-state index in [-0.39, 0.29) is 0 Å². The Morgan fingerprint density at radius 1 is 1.39 bits per heavy atom. The van der Waals surface area contributed by atoms with Crippen molar-refractivity contribution in [3.63, 3.8) is 0 Å². The zero-order chi connectivity index (χ0) is 13.4. The molecule has 1 aromatic rings. The van der Waals surface area contributed by atoms with Gasteiger partial charge in [0.2, 0.25) is 0 Å². The van der Waals surface area contributed by atoms with Crippen LogP contribution in [0.3, 0.4) is 0 Å². The largest absolute Gasteiger partial charge is 0.398 e. The Hall–Kier alpha value is -0.750. The predicted octanol–water partition coefficient (Wildman–Crippen LogP) is 1.69. The number of benzene rings is 1. The number of ether oxygens (including phenoxy) is 2. The molecule has 4 nitrogen and oxygen atoms in total.